The highest BCUT2D eigenvalue weighted by molar-refractivity contribution is 5.90. The lowest BCUT2D eigenvalue weighted by Gasteiger charge is -2.36. The molecule has 1 aliphatic heterocycles. The maximum atomic E-state index is 12.0. The number of hydrogen-bond acceptors (Lipinski definition) is 3. The Morgan fingerprint density at radius 3 is 2.26 bits per heavy atom. The molecule has 3 rings (SSSR count). The van der Waals surface area contributed by atoms with Crippen LogP contribution in [0.15, 0.2) is 54.6 Å². The molecule has 4 nitrogen and oxygen atoms in total. The zero-order valence-electron chi connectivity index (χ0n) is 16.5. The number of benzene rings is 2. The third-order valence-corrected chi connectivity index (χ3v) is 5.09. The third-order valence-electron chi connectivity index (χ3n) is 5.09. The summed E-state index contributed by atoms with van der Waals surface area (Å²) < 4.78 is 0. The van der Waals surface area contributed by atoms with E-state index in [1.165, 1.54) is 11.3 Å². The molecule has 4 heteroatoms. The topological polar surface area (TPSA) is 35.6 Å². The van der Waals surface area contributed by atoms with Crippen LogP contribution in [0.2, 0.25) is 0 Å². The Hall–Kier alpha value is -2.33. The van der Waals surface area contributed by atoms with Crippen molar-refractivity contribution >= 4 is 17.3 Å². The predicted octanol–water partition coefficient (Wildman–Crippen LogP) is 4.38. The number of hydrogen-bond donors (Lipinski definition) is 1. The van der Waals surface area contributed by atoms with Gasteiger partial charge in [-0.2, -0.15) is 0 Å². The molecule has 0 spiro atoms. The average Bonchev–Trinajstić information content (AvgIpc) is 2.68. The summed E-state index contributed by atoms with van der Waals surface area (Å²) in [5, 5.41) is 3.00. The van der Waals surface area contributed by atoms with Crippen molar-refractivity contribution in [1.82, 2.24) is 4.90 Å². The third kappa shape index (κ3) is 6.10. The number of anilines is 2. The predicted molar refractivity (Wildman–Crippen MR) is 113 cm³/mol. The number of amides is 1. The molecule has 2 aromatic carbocycles. The summed E-state index contributed by atoms with van der Waals surface area (Å²) in [6.07, 6.45) is 1.51. The second kappa shape index (κ2) is 9.56. The first kappa shape index (κ1) is 19.4. The van der Waals surface area contributed by atoms with E-state index >= 15 is 0 Å². The zero-order valence-corrected chi connectivity index (χ0v) is 16.5. The van der Waals surface area contributed by atoms with Gasteiger partial charge in [0.2, 0.25) is 5.91 Å². The van der Waals surface area contributed by atoms with E-state index in [1.807, 2.05) is 12.1 Å². The van der Waals surface area contributed by atoms with Crippen LogP contribution in [0.5, 0.6) is 0 Å². The van der Waals surface area contributed by atoms with Crippen LogP contribution in [0.3, 0.4) is 0 Å². The quantitative estimate of drug-likeness (QED) is 0.791. The fraction of sp³-hybridized carbons (Fsp3) is 0.435. The molecule has 0 unspecified atom stereocenters. The molecule has 0 saturated carbocycles. The summed E-state index contributed by atoms with van der Waals surface area (Å²) >= 11 is 0. The van der Waals surface area contributed by atoms with E-state index in [4.69, 9.17) is 0 Å². The van der Waals surface area contributed by atoms with Crippen LogP contribution < -0.4 is 10.2 Å². The van der Waals surface area contributed by atoms with Crippen molar-refractivity contribution in [2.75, 3.05) is 36.4 Å². The SMILES string of the molecule is CC(C)CCC(=O)Nc1ccc(N2CCN(Cc3ccccc3)CC2)cc1. The number of carbonyl (C=O) groups excluding carboxylic acids is 1. The first-order chi connectivity index (χ1) is 13.1. The summed E-state index contributed by atoms with van der Waals surface area (Å²) in [7, 11) is 0. The largest absolute Gasteiger partial charge is 0.369 e. The van der Waals surface area contributed by atoms with Crippen molar-refractivity contribution < 1.29 is 4.79 Å². The zero-order chi connectivity index (χ0) is 19.1. The van der Waals surface area contributed by atoms with Gasteiger partial charge in [0.15, 0.2) is 0 Å². The molecule has 1 aliphatic rings. The van der Waals surface area contributed by atoms with Crippen LogP contribution in [0.4, 0.5) is 11.4 Å². The molecule has 0 aromatic heterocycles. The van der Waals surface area contributed by atoms with Crippen molar-refractivity contribution in [2.24, 2.45) is 5.92 Å². The molecule has 1 saturated heterocycles. The summed E-state index contributed by atoms with van der Waals surface area (Å²) in [6.45, 7) is 9.52. The van der Waals surface area contributed by atoms with Gasteiger partial charge in [-0.3, -0.25) is 9.69 Å². The van der Waals surface area contributed by atoms with E-state index in [2.05, 4.69) is 71.4 Å². The van der Waals surface area contributed by atoms with Gasteiger partial charge in [0.05, 0.1) is 0 Å². The van der Waals surface area contributed by atoms with Crippen LogP contribution in [0.1, 0.15) is 32.3 Å². The van der Waals surface area contributed by atoms with Gasteiger partial charge in [0.25, 0.3) is 0 Å². The fourth-order valence-electron chi connectivity index (χ4n) is 3.40. The van der Waals surface area contributed by atoms with Crippen molar-refractivity contribution in [3.05, 3.63) is 60.2 Å². The van der Waals surface area contributed by atoms with E-state index in [1.54, 1.807) is 0 Å². The summed E-state index contributed by atoms with van der Waals surface area (Å²) in [5.74, 6) is 0.657. The number of nitrogens with one attached hydrogen (secondary N) is 1. The van der Waals surface area contributed by atoms with Gasteiger partial charge in [-0.15, -0.1) is 0 Å². The molecular formula is C23H31N3O. The Kier molecular flexibility index (Phi) is 6.88. The Bertz CT molecular complexity index is 704. The molecule has 1 N–H and O–H groups in total. The van der Waals surface area contributed by atoms with Crippen LogP contribution in [-0.4, -0.2) is 37.0 Å². The van der Waals surface area contributed by atoms with Crippen LogP contribution in [-0.2, 0) is 11.3 Å². The van der Waals surface area contributed by atoms with E-state index in [0.717, 1.165) is 44.8 Å². The van der Waals surface area contributed by atoms with Crippen molar-refractivity contribution in [3.8, 4) is 0 Å². The van der Waals surface area contributed by atoms with Crippen LogP contribution in [0, 0.1) is 5.92 Å². The minimum Gasteiger partial charge on any atom is -0.369 e. The number of piperazine rings is 1. The standard InChI is InChI=1S/C23H31N3O/c1-19(2)8-13-23(27)24-21-9-11-22(12-10-21)26-16-14-25(15-17-26)18-20-6-4-3-5-7-20/h3-7,9-12,19H,8,13-18H2,1-2H3,(H,24,27). The molecule has 144 valence electrons. The molecule has 0 radical (unpaired) electrons. The minimum absolute atomic E-state index is 0.103. The first-order valence-corrected chi connectivity index (χ1v) is 10.0. The fourth-order valence-corrected chi connectivity index (χ4v) is 3.40. The smallest absolute Gasteiger partial charge is 0.224 e. The van der Waals surface area contributed by atoms with Gasteiger partial charge in [0, 0.05) is 50.5 Å². The molecule has 0 aliphatic carbocycles. The first-order valence-electron chi connectivity index (χ1n) is 10.0. The second-order valence-electron chi connectivity index (χ2n) is 7.78. The maximum absolute atomic E-state index is 12.0. The lowest BCUT2D eigenvalue weighted by Crippen LogP contribution is -2.45. The molecular weight excluding hydrogens is 334 g/mol. The van der Waals surface area contributed by atoms with E-state index in [9.17, 15) is 4.79 Å². The maximum Gasteiger partial charge on any atom is 0.224 e. The van der Waals surface area contributed by atoms with E-state index < -0.39 is 0 Å². The van der Waals surface area contributed by atoms with Crippen LogP contribution in [0.25, 0.3) is 0 Å². The highest BCUT2D eigenvalue weighted by Gasteiger charge is 2.17. The number of rotatable bonds is 7. The molecule has 27 heavy (non-hydrogen) atoms. The normalized spacial score (nSPS) is 15.1. The Labute approximate surface area is 163 Å². The Balaban J connectivity index is 1.46. The lowest BCUT2D eigenvalue weighted by molar-refractivity contribution is -0.116. The monoisotopic (exact) mass is 365 g/mol. The second-order valence-corrected chi connectivity index (χ2v) is 7.78. The van der Waals surface area contributed by atoms with Gasteiger partial charge in [-0.05, 0) is 42.2 Å². The van der Waals surface area contributed by atoms with Gasteiger partial charge < -0.3 is 10.2 Å². The Morgan fingerprint density at radius 2 is 1.63 bits per heavy atom. The van der Waals surface area contributed by atoms with E-state index in [0.29, 0.717) is 12.3 Å². The van der Waals surface area contributed by atoms with Crippen LogP contribution >= 0.6 is 0 Å². The molecule has 1 heterocycles. The van der Waals surface area contributed by atoms with Gasteiger partial charge in [-0.25, -0.2) is 0 Å². The van der Waals surface area contributed by atoms with E-state index in [-0.39, 0.29) is 5.91 Å². The number of nitrogens with zero attached hydrogens (tertiary/aromatic N) is 2. The molecule has 2 aromatic rings. The summed E-state index contributed by atoms with van der Waals surface area (Å²) in [5.41, 5.74) is 3.49. The van der Waals surface area contributed by atoms with Crippen molar-refractivity contribution in [2.45, 2.75) is 33.2 Å². The summed E-state index contributed by atoms with van der Waals surface area (Å²) in [4.78, 5) is 16.9. The molecule has 1 amide bonds. The van der Waals surface area contributed by atoms with Gasteiger partial charge in [0.1, 0.15) is 0 Å². The lowest BCUT2D eigenvalue weighted by atomic mass is 10.1. The summed E-state index contributed by atoms with van der Waals surface area (Å²) in [6, 6.07) is 18.9. The molecule has 0 bridgehead atoms. The minimum atomic E-state index is 0.103. The molecule has 0 atom stereocenters. The molecule has 1 fully saturated rings. The van der Waals surface area contributed by atoms with Crippen molar-refractivity contribution in [1.29, 1.82) is 0 Å². The highest BCUT2D eigenvalue weighted by atomic mass is 16.1. The van der Waals surface area contributed by atoms with Gasteiger partial charge in [-0.1, -0.05) is 44.2 Å². The van der Waals surface area contributed by atoms with Gasteiger partial charge >= 0.3 is 0 Å². The average molecular weight is 366 g/mol. The highest BCUT2D eigenvalue weighted by Crippen LogP contribution is 2.20. The Morgan fingerprint density at radius 1 is 0.963 bits per heavy atom. The number of carbonyl (C=O) groups is 1. The van der Waals surface area contributed by atoms with Crippen molar-refractivity contribution in [3.63, 3.8) is 0 Å².